The summed E-state index contributed by atoms with van der Waals surface area (Å²) in [6, 6.07) is 12.9. The van der Waals surface area contributed by atoms with Crippen LogP contribution in [0, 0.1) is 0 Å². The smallest absolute Gasteiger partial charge is 0.0605 e. The van der Waals surface area contributed by atoms with Crippen LogP contribution < -0.4 is 11.1 Å². The number of hydrogen-bond acceptors (Lipinski definition) is 2. The number of nitrogens with one attached hydrogen (secondary N) is 1. The molecule has 3 nitrogen and oxygen atoms in total. The third-order valence-corrected chi connectivity index (χ3v) is 3.16. The van der Waals surface area contributed by atoms with Crippen LogP contribution in [0.25, 0.3) is 5.69 Å². The molecule has 0 saturated carbocycles. The van der Waals surface area contributed by atoms with Crippen molar-refractivity contribution in [3.63, 3.8) is 0 Å². The van der Waals surface area contributed by atoms with Gasteiger partial charge in [0.1, 0.15) is 0 Å². The van der Waals surface area contributed by atoms with E-state index in [2.05, 4.69) is 52.5 Å². The topological polar surface area (TPSA) is 43.0 Å². The minimum Gasteiger partial charge on any atom is -0.329 e. The second kappa shape index (κ2) is 3.77. The van der Waals surface area contributed by atoms with E-state index in [9.17, 15) is 0 Å². The van der Waals surface area contributed by atoms with E-state index < -0.39 is 0 Å². The van der Waals surface area contributed by atoms with Crippen molar-refractivity contribution in [3.05, 3.63) is 53.9 Å². The third-order valence-electron chi connectivity index (χ3n) is 3.16. The van der Waals surface area contributed by atoms with Gasteiger partial charge < -0.3 is 15.6 Å². The number of benzene rings is 1. The number of rotatable bonds is 1. The van der Waals surface area contributed by atoms with Crippen molar-refractivity contribution < 1.29 is 0 Å². The van der Waals surface area contributed by atoms with Crippen molar-refractivity contribution in [2.75, 3.05) is 6.54 Å². The molecule has 2 aromatic rings. The van der Waals surface area contributed by atoms with E-state index in [1.54, 1.807) is 0 Å². The second-order valence-corrected chi connectivity index (χ2v) is 4.10. The molecule has 0 aliphatic carbocycles. The SMILES string of the molecule is NCC1NCc2ccccc2-n2cccc21. The predicted molar refractivity (Wildman–Crippen MR) is 64.4 cm³/mol. The number of fused-ring (bicyclic) bond motifs is 3. The van der Waals surface area contributed by atoms with Gasteiger partial charge >= 0.3 is 0 Å². The maximum atomic E-state index is 5.81. The van der Waals surface area contributed by atoms with E-state index in [1.807, 2.05) is 0 Å². The number of aromatic nitrogens is 1. The van der Waals surface area contributed by atoms with Crippen LogP contribution in [0.15, 0.2) is 42.6 Å². The van der Waals surface area contributed by atoms with E-state index in [1.165, 1.54) is 16.9 Å². The average Bonchev–Trinajstić information content (AvgIpc) is 2.74. The molecule has 0 radical (unpaired) electrons. The lowest BCUT2D eigenvalue weighted by molar-refractivity contribution is 0.536. The molecule has 16 heavy (non-hydrogen) atoms. The van der Waals surface area contributed by atoms with Gasteiger partial charge in [0.15, 0.2) is 0 Å². The molecule has 0 spiro atoms. The summed E-state index contributed by atoms with van der Waals surface area (Å²) in [4.78, 5) is 0. The fourth-order valence-corrected chi connectivity index (χ4v) is 2.33. The first-order chi connectivity index (χ1) is 7.90. The Hall–Kier alpha value is -1.58. The molecule has 0 saturated heterocycles. The van der Waals surface area contributed by atoms with Crippen LogP contribution in [-0.2, 0) is 6.54 Å². The predicted octanol–water partition coefficient (Wildman–Crippen LogP) is 1.58. The lowest BCUT2D eigenvalue weighted by atomic mass is 10.2. The van der Waals surface area contributed by atoms with Crippen LogP contribution in [0.1, 0.15) is 17.3 Å². The van der Waals surface area contributed by atoms with Gasteiger partial charge in [0, 0.05) is 30.7 Å². The molecule has 1 aliphatic heterocycles. The Labute approximate surface area is 94.9 Å². The largest absolute Gasteiger partial charge is 0.329 e. The van der Waals surface area contributed by atoms with E-state index in [4.69, 9.17) is 5.73 Å². The van der Waals surface area contributed by atoms with Crippen molar-refractivity contribution in [2.24, 2.45) is 5.73 Å². The second-order valence-electron chi connectivity index (χ2n) is 4.10. The molecule has 1 aliphatic rings. The molecular weight excluding hydrogens is 198 g/mol. The van der Waals surface area contributed by atoms with Crippen molar-refractivity contribution in [3.8, 4) is 5.69 Å². The molecule has 1 aromatic carbocycles. The van der Waals surface area contributed by atoms with E-state index in [-0.39, 0.29) is 6.04 Å². The fraction of sp³-hybridized carbons (Fsp3) is 0.231. The molecular formula is C13H15N3. The van der Waals surface area contributed by atoms with Crippen LogP contribution >= 0.6 is 0 Å². The van der Waals surface area contributed by atoms with Gasteiger partial charge in [-0.05, 0) is 23.8 Å². The maximum Gasteiger partial charge on any atom is 0.0605 e. The molecule has 1 atom stereocenters. The number of nitrogens with zero attached hydrogens (tertiary/aromatic N) is 1. The number of hydrogen-bond donors (Lipinski definition) is 2. The van der Waals surface area contributed by atoms with Gasteiger partial charge in [0.05, 0.1) is 6.04 Å². The van der Waals surface area contributed by atoms with E-state index in [0.29, 0.717) is 6.54 Å². The van der Waals surface area contributed by atoms with Crippen molar-refractivity contribution >= 4 is 0 Å². The van der Waals surface area contributed by atoms with Crippen molar-refractivity contribution in [2.45, 2.75) is 12.6 Å². The summed E-state index contributed by atoms with van der Waals surface area (Å²) < 4.78 is 2.23. The highest BCUT2D eigenvalue weighted by molar-refractivity contribution is 5.44. The summed E-state index contributed by atoms with van der Waals surface area (Å²) in [7, 11) is 0. The minimum atomic E-state index is 0.238. The molecule has 3 N–H and O–H groups in total. The van der Waals surface area contributed by atoms with Gasteiger partial charge in [-0.15, -0.1) is 0 Å². The monoisotopic (exact) mass is 213 g/mol. The molecule has 2 heterocycles. The molecule has 3 rings (SSSR count). The van der Waals surface area contributed by atoms with Crippen LogP contribution in [-0.4, -0.2) is 11.1 Å². The Morgan fingerprint density at radius 1 is 1.25 bits per heavy atom. The Balaban J connectivity index is 2.20. The summed E-state index contributed by atoms with van der Waals surface area (Å²) in [5, 5.41) is 3.48. The number of nitrogens with two attached hydrogens (primary N) is 1. The summed E-state index contributed by atoms with van der Waals surface area (Å²) in [5.41, 5.74) is 9.62. The first kappa shape index (κ1) is 9.63. The summed E-state index contributed by atoms with van der Waals surface area (Å²) in [6.07, 6.45) is 2.10. The number of para-hydroxylation sites is 1. The Morgan fingerprint density at radius 3 is 3.00 bits per heavy atom. The molecule has 3 heteroatoms. The zero-order valence-electron chi connectivity index (χ0n) is 9.06. The molecule has 0 fully saturated rings. The summed E-state index contributed by atoms with van der Waals surface area (Å²) in [5.74, 6) is 0. The zero-order valence-corrected chi connectivity index (χ0v) is 9.06. The van der Waals surface area contributed by atoms with Crippen LogP contribution in [0.4, 0.5) is 0 Å². The van der Waals surface area contributed by atoms with Gasteiger partial charge in [-0.25, -0.2) is 0 Å². The molecule has 1 unspecified atom stereocenters. The Morgan fingerprint density at radius 2 is 2.12 bits per heavy atom. The average molecular weight is 213 g/mol. The first-order valence-electron chi connectivity index (χ1n) is 5.59. The van der Waals surface area contributed by atoms with E-state index in [0.717, 1.165) is 6.54 Å². The lowest BCUT2D eigenvalue weighted by Crippen LogP contribution is -2.27. The van der Waals surface area contributed by atoms with E-state index >= 15 is 0 Å². The molecule has 0 bridgehead atoms. The van der Waals surface area contributed by atoms with Crippen LogP contribution in [0.3, 0.4) is 0 Å². The van der Waals surface area contributed by atoms with Gasteiger partial charge in [0.25, 0.3) is 0 Å². The summed E-state index contributed by atoms with van der Waals surface area (Å²) in [6.45, 7) is 1.50. The van der Waals surface area contributed by atoms with Crippen LogP contribution in [0.5, 0.6) is 0 Å². The van der Waals surface area contributed by atoms with Gasteiger partial charge in [-0.2, -0.15) is 0 Å². The minimum absolute atomic E-state index is 0.238. The van der Waals surface area contributed by atoms with Crippen molar-refractivity contribution in [1.29, 1.82) is 0 Å². The highest BCUT2D eigenvalue weighted by Crippen LogP contribution is 2.25. The lowest BCUT2D eigenvalue weighted by Gasteiger charge is -2.14. The summed E-state index contributed by atoms with van der Waals surface area (Å²) >= 11 is 0. The molecule has 1 aromatic heterocycles. The van der Waals surface area contributed by atoms with Crippen LogP contribution in [0.2, 0.25) is 0 Å². The Bertz CT molecular complexity index is 501. The van der Waals surface area contributed by atoms with Gasteiger partial charge in [-0.1, -0.05) is 18.2 Å². The standard InChI is InChI=1S/C13H15N3/c14-8-11-13-6-3-7-16(13)12-5-2-1-4-10(12)9-15-11/h1-7,11,15H,8-9,14H2. The maximum absolute atomic E-state index is 5.81. The fourth-order valence-electron chi connectivity index (χ4n) is 2.33. The Kier molecular flexibility index (Phi) is 2.27. The highest BCUT2D eigenvalue weighted by Gasteiger charge is 2.19. The van der Waals surface area contributed by atoms with Crippen molar-refractivity contribution in [1.82, 2.24) is 9.88 Å². The highest BCUT2D eigenvalue weighted by atomic mass is 15.1. The van der Waals surface area contributed by atoms with Gasteiger partial charge in [-0.3, -0.25) is 0 Å². The molecule has 82 valence electrons. The van der Waals surface area contributed by atoms with Gasteiger partial charge in [0.2, 0.25) is 0 Å². The first-order valence-corrected chi connectivity index (χ1v) is 5.59. The molecule has 0 amide bonds. The quantitative estimate of drug-likeness (QED) is 0.755. The zero-order chi connectivity index (χ0) is 11.0. The normalized spacial score (nSPS) is 18.7. The third kappa shape index (κ3) is 1.37.